The SMILES string of the molecule is COCCOC(=O)C1=C(C)NC(=S)N[C@@H]1c1ccc(Br)cc1F. The zero-order valence-corrected chi connectivity index (χ0v) is 15.0. The number of thiocarbonyl (C=S) groups is 1. The van der Waals surface area contributed by atoms with E-state index in [9.17, 15) is 9.18 Å². The van der Waals surface area contributed by atoms with E-state index in [1.54, 1.807) is 19.1 Å². The Bertz CT molecular complexity index is 666. The highest BCUT2D eigenvalue weighted by atomic mass is 79.9. The molecule has 1 aromatic rings. The molecule has 1 aliphatic heterocycles. The Balaban J connectivity index is 2.36. The van der Waals surface area contributed by atoms with E-state index in [4.69, 9.17) is 21.7 Å². The van der Waals surface area contributed by atoms with E-state index in [-0.39, 0.29) is 18.8 Å². The Kier molecular flexibility index (Phi) is 6.09. The summed E-state index contributed by atoms with van der Waals surface area (Å²) in [5.74, 6) is -0.995. The van der Waals surface area contributed by atoms with Gasteiger partial charge in [0, 0.05) is 22.8 Å². The fourth-order valence-electron chi connectivity index (χ4n) is 2.23. The average Bonchev–Trinajstić information content (AvgIpc) is 2.46. The van der Waals surface area contributed by atoms with Gasteiger partial charge in [-0.25, -0.2) is 9.18 Å². The first-order chi connectivity index (χ1) is 10.9. The molecule has 0 fully saturated rings. The van der Waals surface area contributed by atoms with Crippen molar-refractivity contribution < 1.29 is 18.7 Å². The molecule has 1 aliphatic rings. The highest BCUT2D eigenvalue weighted by Crippen LogP contribution is 2.30. The number of hydrogen-bond acceptors (Lipinski definition) is 4. The molecule has 2 rings (SSSR count). The van der Waals surface area contributed by atoms with Crippen molar-refractivity contribution in [1.29, 1.82) is 0 Å². The number of carbonyl (C=O) groups is 1. The molecule has 2 N–H and O–H groups in total. The maximum atomic E-state index is 14.3. The van der Waals surface area contributed by atoms with E-state index in [1.807, 2.05) is 0 Å². The molecular formula is C15H16BrFN2O3S. The predicted octanol–water partition coefficient (Wildman–Crippen LogP) is 2.57. The number of ether oxygens (including phenoxy) is 2. The van der Waals surface area contributed by atoms with Crippen LogP contribution < -0.4 is 10.6 Å². The first-order valence-electron chi connectivity index (χ1n) is 6.83. The number of allylic oxidation sites excluding steroid dienone is 1. The number of methoxy groups -OCH3 is 1. The quantitative estimate of drug-likeness (QED) is 0.448. The van der Waals surface area contributed by atoms with Crippen molar-refractivity contribution in [3.05, 3.63) is 45.3 Å². The number of nitrogens with one attached hydrogen (secondary N) is 2. The Labute approximate surface area is 147 Å². The molecule has 0 aliphatic carbocycles. The second-order valence-electron chi connectivity index (χ2n) is 4.86. The maximum Gasteiger partial charge on any atom is 0.338 e. The van der Waals surface area contributed by atoms with Gasteiger partial charge in [0.05, 0.1) is 18.2 Å². The number of hydrogen-bond donors (Lipinski definition) is 2. The number of halogens is 2. The van der Waals surface area contributed by atoms with Crippen LogP contribution in [0.3, 0.4) is 0 Å². The van der Waals surface area contributed by atoms with Crippen molar-refractivity contribution in [2.24, 2.45) is 0 Å². The first-order valence-corrected chi connectivity index (χ1v) is 8.03. The van der Waals surface area contributed by atoms with E-state index in [2.05, 4.69) is 26.6 Å². The molecule has 0 aromatic heterocycles. The van der Waals surface area contributed by atoms with E-state index >= 15 is 0 Å². The average molecular weight is 403 g/mol. The Hall–Kier alpha value is -1.51. The predicted molar refractivity (Wildman–Crippen MR) is 91.2 cm³/mol. The van der Waals surface area contributed by atoms with Gasteiger partial charge >= 0.3 is 5.97 Å². The second-order valence-corrected chi connectivity index (χ2v) is 6.19. The van der Waals surface area contributed by atoms with Gasteiger partial charge in [0.2, 0.25) is 0 Å². The minimum Gasteiger partial charge on any atom is -0.460 e. The van der Waals surface area contributed by atoms with Gasteiger partial charge in [0.1, 0.15) is 12.4 Å². The number of rotatable bonds is 5. The minimum atomic E-state index is -0.716. The van der Waals surface area contributed by atoms with Gasteiger partial charge in [-0.1, -0.05) is 22.0 Å². The van der Waals surface area contributed by atoms with Crippen molar-refractivity contribution in [2.45, 2.75) is 13.0 Å². The lowest BCUT2D eigenvalue weighted by Crippen LogP contribution is -2.45. The van der Waals surface area contributed by atoms with Crippen LogP contribution in [0.5, 0.6) is 0 Å². The van der Waals surface area contributed by atoms with Crippen LogP contribution in [0.2, 0.25) is 0 Å². The molecule has 0 amide bonds. The molecule has 0 bridgehead atoms. The molecule has 8 heteroatoms. The standard InChI is InChI=1S/C15H16BrFN2O3S/c1-8-12(14(20)22-6-5-21-2)13(19-15(23)18-8)10-4-3-9(16)7-11(10)17/h3-4,7,13H,5-6H2,1-2H3,(H2,18,19,23)/t13-/m1/s1. The van der Waals surface area contributed by atoms with E-state index < -0.39 is 17.8 Å². The van der Waals surface area contributed by atoms with Crippen LogP contribution in [0.25, 0.3) is 0 Å². The monoisotopic (exact) mass is 402 g/mol. The number of esters is 1. The molecule has 1 heterocycles. The highest BCUT2D eigenvalue weighted by molar-refractivity contribution is 9.10. The molecule has 0 saturated carbocycles. The third-order valence-electron chi connectivity index (χ3n) is 3.28. The van der Waals surface area contributed by atoms with Crippen LogP contribution in [-0.4, -0.2) is 31.4 Å². The third-order valence-corrected chi connectivity index (χ3v) is 4.00. The van der Waals surface area contributed by atoms with E-state index in [0.717, 1.165) is 0 Å². The lowest BCUT2D eigenvalue weighted by atomic mass is 9.95. The van der Waals surface area contributed by atoms with Crippen LogP contribution >= 0.6 is 28.1 Å². The Morgan fingerprint density at radius 1 is 1.43 bits per heavy atom. The lowest BCUT2D eigenvalue weighted by molar-refractivity contribution is -0.140. The second kappa shape index (κ2) is 7.85. The molecular weight excluding hydrogens is 387 g/mol. The largest absolute Gasteiger partial charge is 0.460 e. The van der Waals surface area contributed by atoms with Crippen LogP contribution in [0.1, 0.15) is 18.5 Å². The molecule has 0 saturated heterocycles. The van der Waals surface area contributed by atoms with Gasteiger partial charge in [-0.3, -0.25) is 0 Å². The molecule has 5 nitrogen and oxygen atoms in total. The highest BCUT2D eigenvalue weighted by Gasteiger charge is 2.32. The summed E-state index contributed by atoms with van der Waals surface area (Å²) in [5.41, 5.74) is 1.13. The summed E-state index contributed by atoms with van der Waals surface area (Å²) < 4.78 is 24.9. The summed E-state index contributed by atoms with van der Waals surface area (Å²) in [5, 5.41) is 6.11. The number of benzene rings is 1. The summed E-state index contributed by atoms with van der Waals surface area (Å²) >= 11 is 8.33. The van der Waals surface area contributed by atoms with Crippen LogP contribution in [0, 0.1) is 5.82 Å². The maximum absolute atomic E-state index is 14.3. The lowest BCUT2D eigenvalue weighted by Gasteiger charge is -2.30. The van der Waals surface area contributed by atoms with Gasteiger partial charge < -0.3 is 20.1 Å². The van der Waals surface area contributed by atoms with Gasteiger partial charge in [-0.05, 0) is 31.3 Å². The molecule has 0 spiro atoms. The van der Waals surface area contributed by atoms with Crippen molar-refractivity contribution in [2.75, 3.05) is 20.3 Å². The molecule has 124 valence electrons. The van der Waals surface area contributed by atoms with Crippen LogP contribution in [-0.2, 0) is 14.3 Å². The van der Waals surface area contributed by atoms with E-state index in [1.165, 1.54) is 13.2 Å². The summed E-state index contributed by atoms with van der Waals surface area (Å²) in [4.78, 5) is 12.4. The summed E-state index contributed by atoms with van der Waals surface area (Å²) in [6.07, 6.45) is 0. The molecule has 1 atom stereocenters. The fraction of sp³-hybridized carbons (Fsp3) is 0.333. The van der Waals surface area contributed by atoms with Gasteiger partial charge in [0.15, 0.2) is 5.11 Å². The molecule has 1 aromatic carbocycles. The van der Waals surface area contributed by atoms with Crippen molar-refractivity contribution >= 4 is 39.2 Å². The fourth-order valence-corrected chi connectivity index (χ4v) is 2.83. The molecule has 0 radical (unpaired) electrons. The van der Waals surface area contributed by atoms with Gasteiger partial charge in [-0.15, -0.1) is 0 Å². The summed E-state index contributed by atoms with van der Waals surface area (Å²) in [6, 6.07) is 3.92. The normalized spacial score (nSPS) is 17.6. The smallest absolute Gasteiger partial charge is 0.338 e. The first kappa shape index (κ1) is 17.8. The minimum absolute atomic E-state index is 0.117. The van der Waals surface area contributed by atoms with Crippen LogP contribution in [0.15, 0.2) is 33.9 Å². The van der Waals surface area contributed by atoms with Crippen LogP contribution in [0.4, 0.5) is 4.39 Å². The summed E-state index contributed by atoms with van der Waals surface area (Å²) in [7, 11) is 1.51. The van der Waals surface area contributed by atoms with Gasteiger partial charge in [-0.2, -0.15) is 0 Å². The Morgan fingerprint density at radius 2 is 2.17 bits per heavy atom. The van der Waals surface area contributed by atoms with Gasteiger partial charge in [0.25, 0.3) is 0 Å². The Morgan fingerprint density at radius 3 is 2.83 bits per heavy atom. The zero-order chi connectivity index (χ0) is 17.0. The van der Waals surface area contributed by atoms with Crippen molar-refractivity contribution in [1.82, 2.24) is 10.6 Å². The number of carbonyl (C=O) groups excluding carboxylic acids is 1. The third kappa shape index (κ3) is 4.27. The zero-order valence-electron chi connectivity index (χ0n) is 12.6. The molecule has 0 unspecified atom stereocenters. The molecule has 23 heavy (non-hydrogen) atoms. The van der Waals surface area contributed by atoms with E-state index in [0.29, 0.717) is 20.8 Å². The topological polar surface area (TPSA) is 59.6 Å². The van der Waals surface area contributed by atoms with Crippen molar-refractivity contribution in [3.8, 4) is 0 Å². The van der Waals surface area contributed by atoms with Crippen molar-refractivity contribution in [3.63, 3.8) is 0 Å². The summed E-state index contributed by atoms with van der Waals surface area (Å²) in [6.45, 7) is 2.10.